The van der Waals surface area contributed by atoms with Crippen LogP contribution in [-0.2, 0) is 33.5 Å². The van der Waals surface area contributed by atoms with E-state index < -0.39 is 66.7 Å². The summed E-state index contributed by atoms with van der Waals surface area (Å²) in [5, 5.41) is 2.49. The zero-order chi connectivity index (χ0) is 30.9. The highest BCUT2D eigenvalue weighted by Crippen LogP contribution is 2.35. The Morgan fingerprint density at radius 3 is 2.45 bits per heavy atom. The van der Waals surface area contributed by atoms with Crippen molar-refractivity contribution >= 4 is 17.9 Å². The van der Waals surface area contributed by atoms with Gasteiger partial charge >= 0.3 is 12.3 Å². The number of nitrogens with one attached hydrogen (secondary N) is 1. The Bertz CT molecular complexity index is 1330. The molecule has 1 fully saturated rings. The van der Waals surface area contributed by atoms with E-state index in [2.05, 4.69) is 20.3 Å². The van der Waals surface area contributed by atoms with Gasteiger partial charge in [0.1, 0.15) is 5.60 Å². The number of rotatable bonds is 6. The first-order valence-corrected chi connectivity index (χ1v) is 13.3. The van der Waals surface area contributed by atoms with Gasteiger partial charge in [-0.1, -0.05) is 0 Å². The maximum atomic E-state index is 14.1. The van der Waals surface area contributed by atoms with E-state index in [0.29, 0.717) is 5.56 Å². The zero-order valence-electron chi connectivity index (χ0n) is 23.3. The summed E-state index contributed by atoms with van der Waals surface area (Å²) in [6.07, 6.45) is -4.46. The van der Waals surface area contributed by atoms with Gasteiger partial charge in [-0.15, -0.1) is 0 Å². The smallest absolute Gasteiger partial charge is 0.433 e. The Balaban J connectivity index is 1.56. The SMILES string of the molecule is CC(C)(C)OC(=O)N[C@@H](CC(=O)N1CCc2c(nc(-c3ccncc3)nc2C(F)(F)F)C1)CN1CC(F)(F)CCC1=O. The second-order valence-electron chi connectivity index (χ2n) is 11.3. The summed E-state index contributed by atoms with van der Waals surface area (Å²) in [6, 6.07) is 1.83. The van der Waals surface area contributed by atoms with Crippen molar-refractivity contribution in [2.75, 3.05) is 19.6 Å². The van der Waals surface area contributed by atoms with Crippen molar-refractivity contribution in [3.63, 3.8) is 0 Å². The number of carbonyl (C=O) groups is 3. The maximum Gasteiger partial charge on any atom is 0.433 e. The lowest BCUT2D eigenvalue weighted by atomic mass is 10.0. The molecule has 4 rings (SSSR count). The number of hydrogen-bond acceptors (Lipinski definition) is 7. The lowest BCUT2D eigenvalue weighted by Crippen LogP contribution is -2.53. The summed E-state index contributed by atoms with van der Waals surface area (Å²) in [5.74, 6) is -4.41. The Morgan fingerprint density at radius 2 is 1.81 bits per heavy atom. The summed E-state index contributed by atoms with van der Waals surface area (Å²) >= 11 is 0. The van der Waals surface area contributed by atoms with Gasteiger partial charge in [0, 0.05) is 55.9 Å². The summed E-state index contributed by atoms with van der Waals surface area (Å²) in [7, 11) is 0. The van der Waals surface area contributed by atoms with E-state index in [-0.39, 0.29) is 49.6 Å². The zero-order valence-corrected chi connectivity index (χ0v) is 23.3. The van der Waals surface area contributed by atoms with Crippen molar-refractivity contribution in [2.45, 2.75) is 76.7 Å². The molecule has 3 amide bonds. The summed E-state index contributed by atoms with van der Waals surface area (Å²) in [5.41, 5.74) is -1.77. The van der Waals surface area contributed by atoms with E-state index in [4.69, 9.17) is 4.74 Å². The van der Waals surface area contributed by atoms with Crippen LogP contribution in [0, 0.1) is 0 Å². The number of pyridine rings is 1. The van der Waals surface area contributed by atoms with E-state index >= 15 is 0 Å². The van der Waals surface area contributed by atoms with Crippen molar-refractivity contribution in [2.24, 2.45) is 0 Å². The molecule has 0 aliphatic carbocycles. The molecule has 228 valence electrons. The number of hydrogen-bond donors (Lipinski definition) is 1. The first-order chi connectivity index (χ1) is 19.5. The highest BCUT2D eigenvalue weighted by Gasteiger charge is 2.41. The fourth-order valence-corrected chi connectivity index (χ4v) is 4.81. The molecule has 0 spiro atoms. The number of fused-ring (bicyclic) bond motifs is 1. The predicted molar refractivity (Wildman–Crippen MR) is 138 cm³/mol. The summed E-state index contributed by atoms with van der Waals surface area (Å²) in [6.45, 7) is 3.25. The molecule has 15 heteroatoms. The van der Waals surface area contributed by atoms with Gasteiger partial charge in [0.05, 0.1) is 24.8 Å². The van der Waals surface area contributed by atoms with Crippen LogP contribution in [0.3, 0.4) is 0 Å². The monoisotopic (exact) mass is 598 g/mol. The van der Waals surface area contributed by atoms with E-state index in [1.54, 1.807) is 20.8 Å². The molecule has 0 aromatic carbocycles. The van der Waals surface area contributed by atoms with E-state index in [1.807, 2.05) is 0 Å². The molecule has 2 aliphatic rings. The normalized spacial score (nSPS) is 17.9. The number of aromatic nitrogens is 3. The van der Waals surface area contributed by atoms with Gasteiger partial charge in [0.25, 0.3) is 5.92 Å². The van der Waals surface area contributed by atoms with Crippen LogP contribution in [0.5, 0.6) is 0 Å². The second kappa shape index (κ2) is 11.8. The molecule has 0 bridgehead atoms. The van der Waals surface area contributed by atoms with Crippen LogP contribution in [0.1, 0.15) is 57.0 Å². The van der Waals surface area contributed by atoms with Gasteiger partial charge in [-0.2, -0.15) is 13.2 Å². The average Bonchev–Trinajstić information content (AvgIpc) is 2.88. The summed E-state index contributed by atoms with van der Waals surface area (Å²) < 4.78 is 75.1. The molecule has 1 N–H and O–H groups in total. The first-order valence-electron chi connectivity index (χ1n) is 13.3. The number of ether oxygens (including phenoxy) is 1. The van der Waals surface area contributed by atoms with Crippen LogP contribution in [0.4, 0.5) is 26.7 Å². The third-order valence-corrected chi connectivity index (χ3v) is 6.69. The number of piperidine rings is 1. The molecule has 0 saturated carbocycles. The molecule has 1 saturated heterocycles. The van der Waals surface area contributed by atoms with Crippen LogP contribution < -0.4 is 5.32 Å². The number of likely N-dealkylation sites (tertiary alicyclic amines) is 1. The second-order valence-corrected chi connectivity index (χ2v) is 11.3. The van der Waals surface area contributed by atoms with Gasteiger partial charge in [-0.05, 0) is 39.3 Å². The minimum absolute atomic E-state index is 0.0197. The lowest BCUT2D eigenvalue weighted by Gasteiger charge is -2.36. The van der Waals surface area contributed by atoms with Crippen LogP contribution in [0.2, 0.25) is 0 Å². The molecule has 2 aromatic rings. The minimum atomic E-state index is -4.76. The maximum absolute atomic E-state index is 14.1. The third-order valence-electron chi connectivity index (χ3n) is 6.69. The highest BCUT2D eigenvalue weighted by molar-refractivity contribution is 5.80. The standard InChI is InChI=1S/C27H31F5N6O4/c1-25(2,3)42-24(41)34-17(13-38-15-26(28,29)8-4-20(38)39)12-21(40)37-11-7-18-19(14-37)35-23(16-5-9-33-10-6-16)36-22(18)27(30,31)32/h5-6,9-10,17H,4,7-8,11-15H2,1-3H3,(H,34,41)/t17-/m0/s1. The lowest BCUT2D eigenvalue weighted by molar-refractivity contribution is -0.148. The molecule has 10 nitrogen and oxygen atoms in total. The predicted octanol–water partition coefficient (Wildman–Crippen LogP) is 3.98. The largest absolute Gasteiger partial charge is 0.444 e. The van der Waals surface area contributed by atoms with Gasteiger partial charge in [-0.25, -0.2) is 23.5 Å². The Morgan fingerprint density at radius 1 is 1.12 bits per heavy atom. The molecule has 1 atom stereocenters. The molecule has 2 aromatic heterocycles. The number of nitrogens with zero attached hydrogens (tertiary/aromatic N) is 5. The van der Waals surface area contributed by atoms with E-state index in [1.165, 1.54) is 29.4 Å². The van der Waals surface area contributed by atoms with Gasteiger partial charge in [0.2, 0.25) is 11.8 Å². The fraction of sp³-hybridized carbons (Fsp3) is 0.556. The molecular formula is C27H31F5N6O4. The molecule has 42 heavy (non-hydrogen) atoms. The Labute approximate surface area is 238 Å². The van der Waals surface area contributed by atoms with Gasteiger partial charge < -0.3 is 19.9 Å². The number of alkyl carbamates (subject to hydrolysis) is 1. The minimum Gasteiger partial charge on any atom is -0.444 e. The quantitative estimate of drug-likeness (QED) is 0.500. The van der Waals surface area contributed by atoms with Gasteiger partial charge in [-0.3, -0.25) is 14.6 Å². The van der Waals surface area contributed by atoms with Crippen LogP contribution in [-0.4, -0.2) is 79.9 Å². The topological polar surface area (TPSA) is 118 Å². The van der Waals surface area contributed by atoms with Gasteiger partial charge in [0.15, 0.2) is 11.5 Å². The number of carbonyl (C=O) groups excluding carboxylic acids is 3. The van der Waals surface area contributed by atoms with Crippen LogP contribution >= 0.6 is 0 Å². The average molecular weight is 599 g/mol. The van der Waals surface area contributed by atoms with Crippen molar-refractivity contribution < 1.29 is 41.1 Å². The molecule has 2 aliphatic heterocycles. The van der Waals surface area contributed by atoms with Crippen molar-refractivity contribution in [3.8, 4) is 11.4 Å². The number of halogens is 5. The molecule has 0 unspecified atom stereocenters. The molecular weight excluding hydrogens is 567 g/mol. The fourth-order valence-electron chi connectivity index (χ4n) is 4.81. The molecule has 4 heterocycles. The highest BCUT2D eigenvalue weighted by atomic mass is 19.4. The van der Waals surface area contributed by atoms with Crippen LogP contribution in [0.15, 0.2) is 24.5 Å². The molecule has 0 radical (unpaired) electrons. The first kappa shape index (κ1) is 31.0. The van der Waals surface area contributed by atoms with Crippen molar-refractivity contribution in [1.29, 1.82) is 0 Å². The van der Waals surface area contributed by atoms with Crippen molar-refractivity contribution in [1.82, 2.24) is 30.1 Å². The number of amides is 3. The summed E-state index contributed by atoms with van der Waals surface area (Å²) in [4.78, 5) is 52.4. The Hall–Kier alpha value is -3.91. The van der Waals surface area contributed by atoms with E-state index in [0.717, 1.165) is 4.90 Å². The number of alkyl halides is 5. The third kappa shape index (κ3) is 7.88. The Kier molecular flexibility index (Phi) is 8.69. The van der Waals surface area contributed by atoms with Crippen molar-refractivity contribution in [3.05, 3.63) is 41.5 Å². The van der Waals surface area contributed by atoms with E-state index in [9.17, 15) is 36.3 Å². The van der Waals surface area contributed by atoms with Crippen LogP contribution in [0.25, 0.3) is 11.4 Å².